The minimum absolute atomic E-state index is 0.112. The van der Waals surface area contributed by atoms with E-state index in [1.54, 1.807) is 0 Å². The summed E-state index contributed by atoms with van der Waals surface area (Å²) >= 11 is 0. The minimum Gasteiger partial charge on any atom is -0.353 e. The Labute approximate surface area is 87.8 Å². The fourth-order valence-corrected chi connectivity index (χ4v) is 1.26. The molecule has 0 spiro atoms. The molecule has 3 N–H and O–H groups in total. The Kier molecular flexibility index (Phi) is 3.65. The molecule has 1 aliphatic rings. The van der Waals surface area contributed by atoms with Gasteiger partial charge in [-0.3, -0.25) is 14.9 Å². The fraction of sp³-hybridized carbons (Fsp3) is 0.667. The third kappa shape index (κ3) is 3.57. The van der Waals surface area contributed by atoms with Crippen LogP contribution in [-0.2, 0) is 9.59 Å². The molecule has 0 saturated carbocycles. The highest BCUT2D eigenvalue weighted by Crippen LogP contribution is 1.98. The van der Waals surface area contributed by atoms with Crippen LogP contribution in [-0.4, -0.2) is 30.4 Å². The standard InChI is InChI=1S/C9H15N3O3/c1-5(2)3-7(13)10-4-6-8(14)12-9(15)11-6/h5-6H,3-4H2,1-2H3,(H,10,13)(H2,11,12,14,15). The smallest absolute Gasteiger partial charge is 0.322 e. The minimum atomic E-state index is -0.645. The van der Waals surface area contributed by atoms with Crippen LogP contribution < -0.4 is 16.0 Å². The molecule has 4 amide bonds. The van der Waals surface area contributed by atoms with Gasteiger partial charge >= 0.3 is 6.03 Å². The van der Waals surface area contributed by atoms with Crippen molar-refractivity contribution in [2.45, 2.75) is 26.3 Å². The number of carbonyl (C=O) groups excluding carboxylic acids is 3. The molecule has 1 fully saturated rings. The zero-order valence-corrected chi connectivity index (χ0v) is 8.79. The molecule has 0 aromatic heterocycles. The number of hydrogen-bond donors (Lipinski definition) is 3. The quantitative estimate of drug-likeness (QED) is 0.543. The Bertz CT molecular complexity index is 288. The van der Waals surface area contributed by atoms with Crippen molar-refractivity contribution in [2.75, 3.05) is 6.54 Å². The molecule has 1 aliphatic heterocycles. The highest BCUT2D eigenvalue weighted by Gasteiger charge is 2.29. The first-order chi connectivity index (χ1) is 6.99. The normalized spacial score (nSPS) is 20.1. The average molecular weight is 213 g/mol. The molecule has 0 aromatic rings. The predicted octanol–water partition coefficient (Wildman–Crippen LogP) is -0.643. The summed E-state index contributed by atoms with van der Waals surface area (Å²) in [5.74, 6) is -0.235. The van der Waals surface area contributed by atoms with Gasteiger partial charge in [0.15, 0.2) is 0 Å². The first-order valence-corrected chi connectivity index (χ1v) is 4.87. The molecule has 1 saturated heterocycles. The second-order valence-corrected chi connectivity index (χ2v) is 3.92. The van der Waals surface area contributed by atoms with Crippen molar-refractivity contribution in [1.29, 1.82) is 0 Å². The van der Waals surface area contributed by atoms with E-state index in [0.717, 1.165) is 0 Å². The van der Waals surface area contributed by atoms with E-state index in [1.165, 1.54) is 0 Å². The molecule has 84 valence electrons. The van der Waals surface area contributed by atoms with Crippen molar-refractivity contribution in [1.82, 2.24) is 16.0 Å². The topological polar surface area (TPSA) is 87.3 Å². The van der Waals surface area contributed by atoms with Gasteiger partial charge in [0.2, 0.25) is 5.91 Å². The lowest BCUT2D eigenvalue weighted by atomic mass is 10.1. The molecule has 6 nitrogen and oxygen atoms in total. The monoisotopic (exact) mass is 213 g/mol. The maximum atomic E-state index is 11.2. The van der Waals surface area contributed by atoms with E-state index in [2.05, 4.69) is 16.0 Å². The van der Waals surface area contributed by atoms with Gasteiger partial charge < -0.3 is 10.6 Å². The number of hydrogen-bond acceptors (Lipinski definition) is 3. The van der Waals surface area contributed by atoms with Gasteiger partial charge in [-0.2, -0.15) is 0 Å². The summed E-state index contributed by atoms with van der Waals surface area (Å²) in [5.41, 5.74) is 0. The summed E-state index contributed by atoms with van der Waals surface area (Å²) in [5, 5.41) is 7.08. The van der Waals surface area contributed by atoms with Crippen LogP contribution in [0.1, 0.15) is 20.3 Å². The van der Waals surface area contributed by atoms with Crippen molar-refractivity contribution in [3.63, 3.8) is 0 Å². The molecule has 1 atom stereocenters. The van der Waals surface area contributed by atoms with Crippen molar-refractivity contribution in [2.24, 2.45) is 5.92 Å². The SMILES string of the molecule is CC(C)CC(=O)NCC1NC(=O)NC1=O. The third-order valence-corrected chi connectivity index (χ3v) is 1.96. The Hall–Kier alpha value is -1.59. The summed E-state index contributed by atoms with van der Waals surface area (Å²) in [6.07, 6.45) is 0.419. The molecule has 1 heterocycles. The van der Waals surface area contributed by atoms with Crippen LogP contribution in [0.3, 0.4) is 0 Å². The average Bonchev–Trinajstić information content (AvgIpc) is 2.40. The second-order valence-electron chi connectivity index (χ2n) is 3.92. The van der Waals surface area contributed by atoms with Crippen LogP contribution in [0.2, 0.25) is 0 Å². The molecule has 1 rings (SSSR count). The fourth-order valence-electron chi connectivity index (χ4n) is 1.26. The van der Waals surface area contributed by atoms with Crippen LogP contribution in [0.25, 0.3) is 0 Å². The van der Waals surface area contributed by atoms with Gasteiger partial charge in [0.1, 0.15) is 6.04 Å². The summed E-state index contributed by atoms with van der Waals surface area (Å²) in [6.45, 7) is 4.01. The highest BCUT2D eigenvalue weighted by molar-refractivity contribution is 6.04. The molecule has 0 bridgehead atoms. The van der Waals surface area contributed by atoms with E-state index in [1.807, 2.05) is 13.8 Å². The van der Waals surface area contributed by atoms with Gasteiger partial charge in [-0.15, -0.1) is 0 Å². The van der Waals surface area contributed by atoms with E-state index < -0.39 is 18.0 Å². The number of carbonyl (C=O) groups is 3. The van der Waals surface area contributed by atoms with E-state index in [-0.39, 0.29) is 18.4 Å². The molecular formula is C9H15N3O3. The summed E-state index contributed by atoms with van der Waals surface area (Å²) in [6, 6.07) is -1.16. The molecular weight excluding hydrogens is 198 g/mol. The Balaban J connectivity index is 2.28. The van der Waals surface area contributed by atoms with Crippen molar-refractivity contribution in [3.05, 3.63) is 0 Å². The van der Waals surface area contributed by atoms with Crippen molar-refractivity contribution >= 4 is 17.8 Å². The molecule has 0 aromatic carbocycles. The van der Waals surface area contributed by atoms with Crippen LogP contribution in [0.4, 0.5) is 4.79 Å². The van der Waals surface area contributed by atoms with Gasteiger partial charge in [-0.05, 0) is 5.92 Å². The highest BCUT2D eigenvalue weighted by atomic mass is 16.2. The van der Waals surface area contributed by atoms with Crippen molar-refractivity contribution in [3.8, 4) is 0 Å². The van der Waals surface area contributed by atoms with Crippen LogP contribution >= 0.6 is 0 Å². The third-order valence-electron chi connectivity index (χ3n) is 1.96. The number of urea groups is 1. The largest absolute Gasteiger partial charge is 0.353 e. The molecule has 0 aliphatic carbocycles. The van der Waals surface area contributed by atoms with Gasteiger partial charge in [-0.1, -0.05) is 13.8 Å². The lowest BCUT2D eigenvalue weighted by molar-refractivity contribution is -0.122. The number of nitrogens with one attached hydrogen (secondary N) is 3. The summed E-state index contributed by atoms with van der Waals surface area (Å²) in [7, 11) is 0. The predicted molar refractivity (Wildman–Crippen MR) is 52.9 cm³/mol. The number of imide groups is 1. The van der Waals surface area contributed by atoms with E-state index >= 15 is 0 Å². The lowest BCUT2D eigenvalue weighted by Crippen LogP contribution is -2.41. The summed E-state index contributed by atoms with van der Waals surface area (Å²) in [4.78, 5) is 33.0. The van der Waals surface area contributed by atoms with E-state index in [9.17, 15) is 14.4 Å². The van der Waals surface area contributed by atoms with Crippen LogP contribution in [0, 0.1) is 5.92 Å². The Morgan fingerprint density at radius 3 is 2.60 bits per heavy atom. The van der Waals surface area contributed by atoms with Gasteiger partial charge in [0.25, 0.3) is 5.91 Å². The van der Waals surface area contributed by atoms with Crippen molar-refractivity contribution < 1.29 is 14.4 Å². The Morgan fingerprint density at radius 1 is 1.47 bits per heavy atom. The van der Waals surface area contributed by atoms with Crippen LogP contribution in [0.5, 0.6) is 0 Å². The van der Waals surface area contributed by atoms with E-state index in [4.69, 9.17) is 0 Å². The Morgan fingerprint density at radius 2 is 2.13 bits per heavy atom. The second kappa shape index (κ2) is 4.77. The summed E-state index contributed by atoms with van der Waals surface area (Å²) < 4.78 is 0. The molecule has 1 unspecified atom stereocenters. The number of rotatable bonds is 4. The number of amides is 4. The lowest BCUT2D eigenvalue weighted by Gasteiger charge is -2.10. The first-order valence-electron chi connectivity index (χ1n) is 4.87. The zero-order chi connectivity index (χ0) is 11.4. The van der Waals surface area contributed by atoms with Gasteiger partial charge in [-0.25, -0.2) is 4.79 Å². The maximum Gasteiger partial charge on any atom is 0.322 e. The van der Waals surface area contributed by atoms with E-state index in [0.29, 0.717) is 6.42 Å². The zero-order valence-electron chi connectivity index (χ0n) is 8.79. The maximum absolute atomic E-state index is 11.2. The van der Waals surface area contributed by atoms with Crippen LogP contribution in [0.15, 0.2) is 0 Å². The molecule has 0 radical (unpaired) electrons. The van der Waals surface area contributed by atoms with Gasteiger partial charge in [0.05, 0.1) is 0 Å². The molecule has 6 heteroatoms. The first kappa shape index (κ1) is 11.5. The molecule has 15 heavy (non-hydrogen) atoms. The van der Waals surface area contributed by atoms with Gasteiger partial charge in [0, 0.05) is 13.0 Å².